The van der Waals surface area contributed by atoms with Crippen molar-refractivity contribution in [3.05, 3.63) is 58.7 Å². The van der Waals surface area contributed by atoms with Crippen LogP contribution >= 0.6 is 0 Å². The zero-order valence-electron chi connectivity index (χ0n) is 13.1. The highest BCUT2D eigenvalue weighted by atomic mass is 16.2. The predicted octanol–water partition coefficient (Wildman–Crippen LogP) is 0.256. The first-order valence-corrected chi connectivity index (χ1v) is 7.36. The molecule has 8 heteroatoms. The third kappa shape index (κ3) is 2.80. The summed E-state index contributed by atoms with van der Waals surface area (Å²) in [6.45, 7) is -0.283. The predicted molar refractivity (Wildman–Crippen MR) is 93.5 cm³/mol. The number of hydrogen-bond donors (Lipinski definition) is 4. The number of nitrogens with two attached hydrogens (primary N) is 3. The van der Waals surface area contributed by atoms with Gasteiger partial charge in [0.15, 0.2) is 17.5 Å². The Morgan fingerprint density at radius 2 is 1.60 bits per heavy atom. The van der Waals surface area contributed by atoms with Gasteiger partial charge in [-0.25, -0.2) is 4.99 Å². The van der Waals surface area contributed by atoms with Crippen molar-refractivity contribution < 1.29 is 14.4 Å². The normalized spacial score (nSPS) is 12.2. The average Bonchev–Trinajstić information content (AvgIpc) is 2.59. The van der Waals surface area contributed by atoms with E-state index in [4.69, 9.17) is 17.2 Å². The SMILES string of the molecule is NC(N)=NCC(=O)Nc1ccc2c(c1N)C(=O)c1ccccc1C2=O. The van der Waals surface area contributed by atoms with Gasteiger partial charge in [-0.3, -0.25) is 14.4 Å². The van der Waals surface area contributed by atoms with Crippen molar-refractivity contribution in [2.45, 2.75) is 0 Å². The standard InChI is InChI=1S/C17H15N5O3/c18-14-11(22-12(23)7-21-17(19)20)6-5-10-13(14)16(25)9-4-2-1-3-8(9)15(10)24/h1-6H,7,18H2,(H,22,23)(H4,19,20,21). The molecule has 0 heterocycles. The molecule has 3 rings (SSSR count). The number of amides is 1. The molecule has 0 unspecified atom stereocenters. The Balaban J connectivity index is 2.00. The van der Waals surface area contributed by atoms with Gasteiger partial charge in [0.05, 0.1) is 16.9 Å². The van der Waals surface area contributed by atoms with Crippen LogP contribution in [0.4, 0.5) is 11.4 Å². The van der Waals surface area contributed by atoms with Crippen molar-refractivity contribution in [2.75, 3.05) is 17.6 Å². The van der Waals surface area contributed by atoms with E-state index in [9.17, 15) is 14.4 Å². The number of ketones is 2. The maximum Gasteiger partial charge on any atom is 0.246 e. The van der Waals surface area contributed by atoms with Gasteiger partial charge < -0.3 is 22.5 Å². The number of nitrogen functional groups attached to an aromatic ring is 1. The maximum absolute atomic E-state index is 12.7. The summed E-state index contributed by atoms with van der Waals surface area (Å²) in [5, 5.41) is 2.53. The van der Waals surface area contributed by atoms with Gasteiger partial charge in [-0.15, -0.1) is 0 Å². The largest absolute Gasteiger partial charge is 0.396 e. The molecular formula is C17H15N5O3. The molecule has 7 N–H and O–H groups in total. The molecule has 0 radical (unpaired) electrons. The maximum atomic E-state index is 12.7. The number of aliphatic imine (C=N–C) groups is 1. The molecule has 2 aromatic rings. The second-order valence-electron chi connectivity index (χ2n) is 5.44. The summed E-state index contributed by atoms with van der Waals surface area (Å²) < 4.78 is 0. The Kier molecular flexibility index (Phi) is 3.94. The summed E-state index contributed by atoms with van der Waals surface area (Å²) in [5.41, 5.74) is 17.6. The van der Waals surface area contributed by atoms with Crippen LogP contribution in [-0.4, -0.2) is 30.0 Å². The van der Waals surface area contributed by atoms with Crippen molar-refractivity contribution in [1.29, 1.82) is 0 Å². The second-order valence-corrected chi connectivity index (χ2v) is 5.44. The van der Waals surface area contributed by atoms with Gasteiger partial charge in [-0.1, -0.05) is 24.3 Å². The third-order valence-electron chi connectivity index (χ3n) is 3.81. The van der Waals surface area contributed by atoms with Gasteiger partial charge >= 0.3 is 0 Å². The minimum Gasteiger partial charge on any atom is -0.396 e. The fourth-order valence-corrected chi connectivity index (χ4v) is 2.67. The molecule has 0 atom stereocenters. The lowest BCUT2D eigenvalue weighted by Crippen LogP contribution is -2.26. The third-order valence-corrected chi connectivity index (χ3v) is 3.81. The Labute approximate surface area is 142 Å². The van der Waals surface area contributed by atoms with Crippen LogP contribution in [0.15, 0.2) is 41.4 Å². The van der Waals surface area contributed by atoms with Crippen molar-refractivity contribution in [2.24, 2.45) is 16.5 Å². The lowest BCUT2D eigenvalue weighted by Gasteiger charge is -2.20. The lowest BCUT2D eigenvalue weighted by atomic mass is 9.83. The van der Waals surface area contributed by atoms with Crippen LogP contribution in [0.25, 0.3) is 0 Å². The number of rotatable bonds is 3. The van der Waals surface area contributed by atoms with E-state index < -0.39 is 5.91 Å². The molecule has 0 fully saturated rings. The minimum absolute atomic E-state index is 0.0309. The number of benzene rings is 2. The Morgan fingerprint density at radius 3 is 2.24 bits per heavy atom. The Bertz CT molecular complexity index is 945. The molecular weight excluding hydrogens is 322 g/mol. The quantitative estimate of drug-likeness (QED) is 0.305. The minimum atomic E-state index is -0.505. The van der Waals surface area contributed by atoms with E-state index in [0.29, 0.717) is 5.56 Å². The van der Waals surface area contributed by atoms with Gasteiger partial charge in [0.1, 0.15) is 6.54 Å². The average molecular weight is 337 g/mol. The summed E-state index contributed by atoms with van der Waals surface area (Å²) in [7, 11) is 0. The smallest absolute Gasteiger partial charge is 0.246 e. The molecule has 0 aromatic heterocycles. The first kappa shape index (κ1) is 16.2. The number of carbonyl (C=O) groups is 3. The van der Waals surface area contributed by atoms with Crippen molar-refractivity contribution in [3.63, 3.8) is 0 Å². The molecule has 2 aromatic carbocycles. The van der Waals surface area contributed by atoms with Crippen molar-refractivity contribution >= 4 is 34.8 Å². The molecule has 8 nitrogen and oxygen atoms in total. The second kappa shape index (κ2) is 6.08. The monoisotopic (exact) mass is 337 g/mol. The number of carbonyl (C=O) groups excluding carboxylic acids is 3. The number of nitrogens with zero attached hydrogens (tertiary/aromatic N) is 1. The highest BCUT2D eigenvalue weighted by Crippen LogP contribution is 2.34. The summed E-state index contributed by atoms with van der Waals surface area (Å²) in [5.74, 6) is -1.36. The van der Waals surface area contributed by atoms with E-state index in [1.54, 1.807) is 24.3 Å². The van der Waals surface area contributed by atoms with Gasteiger partial charge in [-0.2, -0.15) is 0 Å². The van der Waals surface area contributed by atoms with Crippen LogP contribution in [0.3, 0.4) is 0 Å². The number of hydrogen-bond acceptors (Lipinski definition) is 5. The summed E-state index contributed by atoms with van der Waals surface area (Å²) in [6.07, 6.45) is 0. The molecule has 1 aliphatic carbocycles. The summed E-state index contributed by atoms with van der Waals surface area (Å²) >= 11 is 0. The Morgan fingerprint density at radius 1 is 0.960 bits per heavy atom. The highest BCUT2D eigenvalue weighted by Gasteiger charge is 2.32. The molecule has 126 valence electrons. The fraction of sp³-hybridized carbons (Fsp3) is 0.0588. The van der Waals surface area contributed by atoms with Crippen LogP contribution in [-0.2, 0) is 4.79 Å². The molecule has 0 saturated heterocycles. The molecule has 25 heavy (non-hydrogen) atoms. The highest BCUT2D eigenvalue weighted by molar-refractivity contribution is 6.30. The molecule has 0 saturated carbocycles. The van der Waals surface area contributed by atoms with E-state index >= 15 is 0 Å². The van der Waals surface area contributed by atoms with Crippen LogP contribution < -0.4 is 22.5 Å². The molecule has 0 spiro atoms. The van der Waals surface area contributed by atoms with Gasteiger partial charge in [0, 0.05) is 16.7 Å². The van der Waals surface area contributed by atoms with Crippen molar-refractivity contribution in [3.8, 4) is 0 Å². The van der Waals surface area contributed by atoms with E-state index in [-0.39, 0.29) is 52.1 Å². The zero-order chi connectivity index (χ0) is 18.1. The van der Waals surface area contributed by atoms with Crippen LogP contribution in [0.5, 0.6) is 0 Å². The van der Waals surface area contributed by atoms with E-state index in [0.717, 1.165) is 0 Å². The molecule has 0 bridgehead atoms. The molecule has 1 amide bonds. The number of fused-ring (bicyclic) bond motifs is 2. The lowest BCUT2D eigenvalue weighted by molar-refractivity contribution is -0.114. The van der Waals surface area contributed by atoms with Gasteiger partial charge in [0.25, 0.3) is 0 Å². The summed E-state index contributed by atoms with van der Waals surface area (Å²) in [4.78, 5) is 40.7. The first-order chi connectivity index (χ1) is 11.9. The van der Waals surface area contributed by atoms with Crippen molar-refractivity contribution in [1.82, 2.24) is 0 Å². The van der Waals surface area contributed by atoms with Crippen LogP contribution in [0, 0.1) is 0 Å². The zero-order valence-corrected chi connectivity index (χ0v) is 13.1. The molecule has 1 aliphatic rings. The number of anilines is 2. The summed E-state index contributed by atoms with van der Waals surface area (Å²) in [6, 6.07) is 9.48. The Hall–Kier alpha value is -3.68. The van der Waals surface area contributed by atoms with E-state index in [1.165, 1.54) is 12.1 Å². The first-order valence-electron chi connectivity index (χ1n) is 7.36. The van der Waals surface area contributed by atoms with Gasteiger partial charge in [-0.05, 0) is 12.1 Å². The van der Waals surface area contributed by atoms with E-state index in [2.05, 4.69) is 10.3 Å². The number of nitrogens with one attached hydrogen (secondary N) is 1. The van der Waals surface area contributed by atoms with Crippen LogP contribution in [0.1, 0.15) is 31.8 Å². The number of guanidine groups is 1. The fourth-order valence-electron chi connectivity index (χ4n) is 2.67. The molecule has 0 aliphatic heterocycles. The van der Waals surface area contributed by atoms with E-state index in [1.807, 2.05) is 0 Å². The van der Waals surface area contributed by atoms with Gasteiger partial charge in [0.2, 0.25) is 5.91 Å². The topological polar surface area (TPSA) is 154 Å². The van der Waals surface area contributed by atoms with Crippen LogP contribution in [0.2, 0.25) is 0 Å².